The average molecular weight is 1370 g/mol. The summed E-state index contributed by atoms with van der Waals surface area (Å²) < 4.78 is 25.6. The number of hydrogen-bond donors (Lipinski definition) is 6. The van der Waals surface area contributed by atoms with Crippen molar-refractivity contribution in [2.45, 2.75) is 63.5 Å². The summed E-state index contributed by atoms with van der Waals surface area (Å²) in [6, 6.07) is 28.3. The first-order valence-electron chi connectivity index (χ1n) is 31.4. The molecule has 0 unspecified atom stereocenters. The Morgan fingerprint density at radius 1 is 0.581 bits per heavy atom. The molecule has 2 saturated heterocycles. The third-order valence-electron chi connectivity index (χ3n) is 17.7. The van der Waals surface area contributed by atoms with E-state index in [2.05, 4.69) is 100 Å². The van der Waals surface area contributed by atoms with Gasteiger partial charge in [-0.2, -0.15) is 9.97 Å². The number of carbonyl (C=O) groups is 2. The van der Waals surface area contributed by atoms with Crippen LogP contribution in [0, 0.1) is 10.8 Å². The van der Waals surface area contributed by atoms with E-state index in [9.17, 15) is 18.7 Å². The van der Waals surface area contributed by atoms with Crippen molar-refractivity contribution < 1.29 is 18.7 Å². The molecule has 25 heteroatoms. The summed E-state index contributed by atoms with van der Waals surface area (Å²) in [5.41, 5.74) is 13.9. The zero-order valence-corrected chi connectivity index (χ0v) is 59.9. The SMILES string of the molecule is CN(C)C/C=C/C(=O)Cl.CN(C)C/C=C/C(=O)Nc1cc(Nc2ncc(Cl)c(Nc3ccccc3P(C)(C)=O)n2)ccc1N1CCC2(CC1)CC(N(C)C)C2.CN(C)C1CC2(CCN(c3ccc(Nc4ncc(Cl)c(Nc5ccccc5P(C)(C)=O)n4)cc3N)CC2)C1. The maximum Gasteiger partial charge on any atom is 0.248 e. The summed E-state index contributed by atoms with van der Waals surface area (Å²) in [5.74, 6) is 1.36. The Morgan fingerprint density at radius 2 is 0.989 bits per heavy atom. The lowest BCUT2D eigenvalue weighted by molar-refractivity contribution is -0.112. The van der Waals surface area contributed by atoms with E-state index in [4.69, 9.17) is 40.5 Å². The second-order valence-corrected chi connectivity index (χ2v) is 34.2. The summed E-state index contributed by atoms with van der Waals surface area (Å²) in [7, 11) is 11.4. The van der Waals surface area contributed by atoms with Gasteiger partial charge in [0.15, 0.2) is 11.6 Å². The highest BCUT2D eigenvalue weighted by Gasteiger charge is 2.48. The Kier molecular flexibility index (Phi) is 24.7. The van der Waals surface area contributed by atoms with Crippen molar-refractivity contribution in [2.24, 2.45) is 10.8 Å². The molecular weight excluding hydrogens is 1270 g/mol. The number of rotatable bonds is 21. The molecule has 2 aliphatic heterocycles. The van der Waals surface area contributed by atoms with Gasteiger partial charge < -0.3 is 70.8 Å². The van der Waals surface area contributed by atoms with Gasteiger partial charge in [-0.15, -0.1) is 0 Å². The van der Waals surface area contributed by atoms with Gasteiger partial charge >= 0.3 is 0 Å². The molecule has 4 aliphatic rings. The fourth-order valence-corrected chi connectivity index (χ4v) is 15.0. The number of para-hydroxylation sites is 2. The number of carbonyl (C=O) groups excluding carboxylic acids is 2. The Morgan fingerprint density at radius 3 is 1.40 bits per heavy atom. The van der Waals surface area contributed by atoms with Gasteiger partial charge in [-0.1, -0.05) is 59.6 Å². The summed E-state index contributed by atoms with van der Waals surface area (Å²) in [5, 5.41) is 17.9. The predicted molar refractivity (Wildman–Crippen MR) is 392 cm³/mol. The van der Waals surface area contributed by atoms with Crippen molar-refractivity contribution in [3.63, 3.8) is 0 Å². The number of piperidine rings is 2. The third kappa shape index (κ3) is 20.2. The molecule has 6 aromatic rings. The summed E-state index contributed by atoms with van der Waals surface area (Å²) in [4.78, 5) is 54.4. The minimum atomic E-state index is -2.55. The molecule has 2 saturated carbocycles. The van der Waals surface area contributed by atoms with Crippen LogP contribution in [0.4, 0.5) is 69.0 Å². The van der Waals surface area contributed by atoms with Crippen molar-refractivity contribution in [2.75, 3.05) is 164 Å². The van der Waals surface area contributed by atoms with E-state index in [1.54, 1.807) is 45.0 Å². The molecule has 10 rings (SSSR count). The Labute approximate surface area is 565 Å². The number of anilines is 12. The molecule has 2 aliphatic carbocycles. The lowest BCUT2D eigenvalue weighted by Gasteiger charge is -2.54. The van der Waals surface area contributed by atoms with Gasteiger partial charge in [-0.05, 0) is 224 Å². The number of aromatic nitrogens is 4. The van der Waals surface area contributed by atoms with E-state index >= 15 is 0 Å². The minimum absolute atomic E-state index is 0.182. The molecule has 4 fully saturated rings. The standard InChI is InChI=1S/C34H46ClN8O2P.C28H37ClN7OP.C6H10ClNO/c1-41(2)17-9-12-31(44)38-28-20-24(13-14-29(28)43-18-15-34(16-19-43)21-25(22-34)42(3)4)37-33-36-23-26(35)32(40-33)39-27-10-7-8-11-30(27)46(5,6)45;1-35(2)20-16-28(17-20)11-13-36(14-12-28)24-10-9-19(15-22(24)30)32-27-31-18-21(29)26(34-27)33-23-7-5-6-8-25(23)38(3,4)37;1-8(2)5-3-4-6(7)9/h7-14,20,23,25H,15-19,21-22H2,1-6H3,(H,38,44)(H2,36,37,39,40);5-10,15,18,20H,11-14,16-17,30H2,1-4H3,(H2,31,32,33,34);3-4H,5H2,1-2H3/b12-9+;;4-3+. The number of hydrogen-bond acceptors (Lipinski definition) is 19. The number of halogens is 3. The van der Waals surface area contributed by atoms with Crippen LogP contribution in [0.5, 0.6) is 0 Å². The Bertz CT molecular complexity index is 3710. The van der Waals surface area contributed by atoms with Gasteiger partial charge in [0, 0.05) is 79.4 Å². The normalized spacial score (nSPS) is 17.0. The fraction of sp³-hybridized carbons (Fsp3) is 0.441. The molecule has 1 amide bonds. The molecule has 2 aromatic heterocycles. The molecule has 4 aromatic carbocycles. The first-order chi connectivity index (χ1) is 44.0. The lowest BCUT2D eigenvalue weighted by atomic mass is 9.60. The number of nitrogens with two attached hydrogens (primary N) is 1. The second-order valence-electron chi connectivity index (χ2n) is 26.7. The molecule has 500 valence electrons. The van der Waals surface area contributed by atoms with Crippen LogP contribution in [0.15, 0.2) is 122 Å². The van der Waals surface area contributed by atoms with E-state index in [1.165, 1.54) is 50.8 Å². The van der Waals surface area contributed by atoms with Crippen molar-refractivity contribution in [3.8, 4) is 0 Å². The molecule has 0 radical (unpaired) electrons. The van der Waals surface area contributed by atoms with Crippen LogP contribution in [0.2, 0.25) is 10.0 Å². The predicted octanol–water partition coefficient (Wildman–Crippen LogP) is 12.9. The van der Waals surface area contributed by atoms with Gasteiger partial charge in [0.2, 0.25) is 23.0 Å². The maximum atomic E-state index is 13.0. The van der Waals surface area contributed by atoms with Crippen LogP contribution in [-0.4, -0.2) is 185 Å². The smallest absolute Gasteiger partial charge is 0.248 e. The van der Waals surface area contributed by atoms with Crippen LogP contribution in [-0.2, 0) is 18.7 Å². The molecule has 20 nitrogen and oxygen atoms in total. The molecule has 7 N–H and O–H groups in total. The van der Waals surface area contributed by atoms with Crippen LogP contribution in [0.3, 0.4) is 0 Å². The average Bonchev–Trinajstić information content (AvgIpc) is 0.772. The number of nitrogens with one attached hydrogen (secondary N) is 5. The van der Waals surface area contributed by atoms with Gasteiger partial charge in [0.1, 0.15) is 24.3 Å². The number of nitrogens with zero attached hydrogens (tertiary/aromatic N) is 10. The number of allylic oxidation sites excluding steroid dienone is 1. The van der Waals surface area contributed by atoms with E-state index < -0.39 is 19.5 Å². The third-order valence-corrected chi connectivity index (χ3v) is 21.5. The Balaban J connectivity index is 0.000000214. The molecule has 4 heterocycles. The first-order valence-corrected chi connectivity index (χ1v) is 37.7. The van der Waals surface area contributed by atoms with Gasteiger partial charge in [-0.25, -0.2) is 9.97 Å². The molecule has 0 atom stereocenters. The zero-order chi connectivity index (χ0) is 67.4. The lowest BCUT2D eigenvalue weighted by Crippen LogP contribution is -2.53. The van der Waals surface area contributed by atoms with E-state index in [0.717, 1.165) is 91.0 Å². The van der Waals surface area contributed by atoms with Crippen molar-refractivity contribution in [3.05, 3.63) is 132 Å². The van der Waals surface area contributed by atoms with E-state index in [-0.39, 0.29) is 5.91 Å². The number of nitrogen functional groups attached to an aromatic ring is 1. The number of likely N-dealkylation sites (N-methyl/N-ethyl adjacent to an activating group) is 2. The van der Waals surface area contributed by atoms with Crippen molar-refractivity contribution >= 4 is 140 Å². The number of benzene rings is 4. The molecule has 0 bridgehead atoms. The van der Waals surface area contributed by atoms with Crippen molar-refractivity contribution in [1.82, 2.24) is 39.5 Å². The highest BCUT2D eigenvalue weighted by molar-refractivity contribution is 7.70. The zero-order valence-electron chi connectivity index (χ0n) is 55.8. The Hall–Kier alpha value is -6.57. The highest BCUT2D eigenvalue weighted by atomic mass is 35.5. The van der Waals surface area contributed by atoms with Crippen LogP contribution < -0.4 is 52.7 Å². The van der Waals surface area contributed by atoms with Gasteiger partial charge in [0.25, 0.3) is 0 Å². The molecule has 2 spiro atoms. The summed E-state index contributed by atoms with van der Waals surface area (Å²) in [6.07, 6.45) is 19.4. The fourth-order valence-electron chi connectivity index (χ4n) is 12.3. The highest BCUT2D eigenvalue weighted by Crippen LogP contribution is 2.53. The van der Waals surface area contributed by atoms with E-state index in [0.29, 0.717) is 73.7 Å². The molecular formula is C68H93Cl3N16O4P2. The monoisotopic (exact) mass is 1360 g/mol. The van der Waals surface area contributed by atoms with Crippen LogP contribution in [0.1, 0.15) is 51.4 Å². The van der Waals surface area contributed by atoms with Crippen LogP contribution in [0.25, 0.3) is 0 Å². The minimum Gasteiger partial charge on any atom is -0.397 e. The molecule has 93 heavy (non-hydrogen) atoms. The van der Waals surface area contributed by atoms with Crippen molar-refractivity contribution in [1.29, 1.82) is 0 Å². The van der Waals surface area contributed by atoms with Gasteiger partial charge in [-0.3, -0.25) is 9.59 Å². The summed E-state index contributed by atoms with van der Waals surface area (Å²) in [6.45, 7) is 12.3. The van der Waals surface area contributed by atoms with Gasteiger partial charge in [0.05, 0.1) is 46.5 Å². The topological polar surface area (TPSA) is 225 Å². The van der Waals surface area contributed by atoms with Crippen LogP contribution >= 0.6 is 49.1 Å². The first kappa shape index (κ1) is 72.3. The number of amides is 1. The summed E-state index contributed by atoms with van der Waals surface area (Å²) >= 11 is 17.9. The largest absolute Gasteiger partial charge is 0.397 e. The quantitative estimate of drug-likeness (QED) is 0.0170. The second kappa shape index (κ2) is 31.8. The maximum absolute atomic E-state index is 13.0. The van der Waals surface area contributed by atoms with E-state index in [1.807, 2.05) is 123 Å².